The van der Waals surface area contributed by atoms with Crippen molar-refractivity contribution in [3.8, 4) is 11.4 Å². The van der Waals surface area contributed by atoms with Crippen LogP contribution in [0, 0.1) is 5.92 Å². The number of rotatable bonds is 8. The molecule has 0 spiro atoms. The van der Waals surface area contributed by atoms with Crippen LogP contribution < -0.4 is 10.6 Å². The first kappa shape index (κ1) is 15.8. The molecular weight excluding hydrogens is 346 g/mol. The normalized spacial score (nSPS) is 14.8. The van der Waals surface area contributed by atoms with Gasteiger partial charge in [-0.25, -0.2) is 4.79 Å². The molecule has 8 heteroatoms. The van der Waals surface area contributed by atoms with Crippen LogP contribution in [0.1, 0.15) is 29.1 Å². The second-order valence-electron chi connectivity index (χ2n) is 5.83. The molecule has 2 heterocycles. The molecule has 27 heavy (non-hydrogen) atoms. The van der Waals surface area contributed by atoms with Gasteiger partial charge in [-0.3, -0.25) is 14.5 Å². The molecule has 2 rings (SSSR count). The van der Waals surface area contributed by atoms with Gasteiger partial charge in [-0.2, -0.15) is 5.10 Å². The minimum Gasteiger partial charge on any atom is -0.465 e. The minimum atomic E-state index is -2.63. The van der Waals surface area contributed by atoms with Crippen molar-refractivity contribution in [1.29, 1.82) is 0 Å². The molecule has 142 valence electrons. The zero-order valence-electron chi connectivity index (χ0n) is 17.8. The van der Waals surface area contributed by atoms with Crippen molar-refractivity contribution >= 4 is 17.7 Å². The number of pyridine rings is 1. The van der Waals surface area contributed by atoms with Gasteiger partial charge in [0.15, 0.2) is 0 Å². The van der Waals surface area contributed by atoms with Gasteiger partial charge < -0.3 is 15.7 Å². The van der Waals surface area contributed by atoms with Gasteiger partial charge in [-0.15, -0.1) is 13.2 Å². The quantitative estimate of drug-likeness (QED) is 0.617. The molecular formula is C19H23N5O3. The number of amides is 2. The van der Waals surface area contributed by atoms with Gasteiger partial charge >= 0.3 is 6.09 Å². The molecule has 0 aliphatic rings. The lowest BCUT2D eigenvalue weighted by molar-refractivity contribution is -0.118. The molecule has 0 bridgehead atoms. The highest BCUT2D eigenvalue weighted by molar-refractivity contribution is 5.96. The van der Waals surface area contributed by atoms with Gasteiger partial charge in [0.2, 0.25) is 5.91 Å². The maximum absolute atomic E-state index is 12.3. The van der Waals surface area contributed by atoms with Crippen molar-refractivity contribution in [2.24, 2.45) is 12.9 Å². The topological polar surface area (TPSA) is 109 Å². The van der Waals surface area contributed by atoms with E-state index in [4.69, 9.17) is 9.22 Å². The monoisotopic (exact) mass is 372 g/mol. The van der Waals surface area contributed by atoms with E-state index in [0.29, 0.717) is 12.0 Å². The van der Waals surface area contributed by atoms with Crippen molar-refractivity contribution in [1.82, 2.24) is 20.1 Å². The summed E-state index contributed by atoms with van der Waals surface area (Å²) >= 11 is 0. The zero-order valence-corrected chi connectivity index (χ0v) is 14.8. The molecule has 3 N–H and O–H groups in total. The highest BCUT2D eigenvalue weighted by atomic mass is 16.4. The number of hydrogen-bond acceptors (Lipinski definition) is 4. The fraction of sp³-hybridized carbons (Fsp3) is 0.263. The highest BCUT2D eigenvalue weighted by Gasteiger charge is 2.19. The molecule has 0 unspecified atom stereocenters. The number of carbonyl (C=O) groups is 2. The molecule has 2 amide bonds. The maximum atomic E-state index is 12.3. The summed E-state index contributed by atoms with van der Waals surface area (Å²) in [6, 6.07) is 2.56. The number of hydrogen-bond donors (Lipinski definition) is 3. The highest BCUT2D eigenvalue weighted by Crippen LogP contribution is 2.28. The average Bonchev–Trinajstić information content (AvgIpc) is 3.10. The van der Waals surface area contributed by atoms with E-state index in [1.54, 1.807) is 25.1 Å². The molecule has 0 fully saturated rings. The summed E-state index contributed by atoms with van der Waals surface area (Å²) < 4.78 is 24.0. The van der Waals surface area contributed by atoms with E-state index in [9.17, 15) is 9.59 Å². The lowest BCUT2D eigenvalue weighted by Crippen LogP contribution is -2.26. The minimum absolute atomic E-state index is 0.0779. The molecule has 0 aliphatic carbocycles. The Bertz CT molecular complexity index is 955. The van der Waals surface area contributed by atoms with Crippen molar-refractivity contribution in [2.45, 2.75) is 19.4 Å². The first-order valence-corrected chi connectivity index (χ1v) is 8.17. The number of carbonyl (C=O) groups excluding carboxylic acids is 1. The molecule has 2 atom stereocenters. The van der Waals surface area contributed by atoms with Crippen LogP contribution in [0.4, 0.5) is 10.5 Å². The molecule has 0 saturated carbocycles. The van der Waals surface area contributed by atoms with Gasteiger partial charge in [0.25, 0.3) is 0 Å². The van der Waals surface area contributed by atoms with E-state index in [1.807, 2.05) is 0 Å². The lowest BCUT2D eigenvalue weighted by Gasteiger charge is -2.16. The van der Waals surface area contributed by atoms with Crippen molar-refractivity contribution in [3.05, 3.63) is 55.4 Å². The van der Waals surface area contributed by atoms with E-state index in [1.165, 1.54) is 18.5 Å². The predicted octanol–water partition coefficient (Wildman–Crippen LogP) is 3.13. The summed E-state index contributed by atoms with van der Waals surface area (Å²) in [5.41, 5.74) is 1.01. The van der Waals surface area contributed by atoms with Crippen LogP contribution in [-0.2, 0) is 11.8 Å². The van der Waals surface area contributed by atoms with Crippen LogP contribution in [-0.4, -0.2) is 31.9 Å². The van der Waals surface area contributed by atoms with Crippen LogP contribution >= 0.6 is 0 Å². The van der Waals surface area contributed by atoms with E-state index in [2.05, 4.69) is 33.9 Å². The number of carboxylic acid groups (broad SMARTS) is 1. The Balaban J connectivity index is 2.57. The first-order valence-electron chi connectivity index (χ1n) is 9.67. The molecule has 8 nitrogen and oxygen atoms in total. The van der Waals surface area contributed by atoms with Crippen molar-refractivity contribution in [3.63, 3.8) is 0 Å². The summed E-state index contributed by atoms with van der Waals surface area (Å²) in [5, 5.41) is 18.0. The number of anilines is 1. The summed E-state index contributed by atoms with van der Waals surface area (Å²) in [4.78, 5) is 27.6. The SMILES string of the molecule is [2H]C([2H])([2H])n1ncc(NC(=O)[C@H](C)C=C)c1-c1cc([C@H](CC=C)NC(=O)O)ccn1. The molecule has 0 radical (unpaired) electrons. The Hall–Kier alpha value is -3.42. The summed E-state index contributed by atoms with van der Waals surface area (Å²) in [6.07, 6.45) is 4.79. The molecule has 0 aromatic carbocycles. The van der Waals surface area contributed by atoms with Gasteiger partial charge in [0.1, 0.15) is 5.69 Å². The van der Waals surface area contributed by atoms with E-state index in [-0.39, 0.29) is 23.0 Å². The zero-order chi connectivity index (χ0) is 22.5. The van der Waals surface area contributed by atoms with Crippen LogP contribution in [0.15, 0.2) is 49.8 Å². The Morgan fingerprint density at radius 2 is 2.26 bits per heavy atom. The van der Waals surface area contributed by atoms with Gasteiger partial charge in [-0.05, 0) is 24.1 Å². The molecule has 0 saturated heterocycles. The third-order valence-electron chi connectivity index (χ3n) is 3.92. The molecule has 0 aliphatic heterocycles. The third kappa shape index (κ3) is 4.81. The van der Waals surface area contributed by atoms with Crippen LogP contribution in [0.25, 0.3) is 11.4 Å². The Kier molecular flexibility index (Phi) is 5.15. The van der Waals surface area contributed by atoms with Gasteiger partial charge in [0, 0.05) is 17.3 Å². The third-order valence-corrected chi connectivity index (χ3v) is 3.92. The summed E-state index contributed by atoms with van der Waals surface area (Å²) in [5.74, 6) is -0.894. The number of nitrogens with one attached hydrogen (secondary N) is 2. The molecule has 2 aromatic heterocycles. The fourth-order valence-corrected chi connectivity index (χ4v) is 2.43. The number of aryl methyl sites for hydroxylation is 1. The fourth-order valence-electron chi connectivity index (χ4n) is 2.43. The largest absolute Gasteiger partial charge is 0.465 e. The first-order chi connectivity index (χ1) is 14.1. The predicted molar refractivity (Wildman–Crippen MR) is 103 cm³/mol. The summed E-state index contributed by atoms with van der Waals surface area (Å²) in [7, 11) is 0. The van der Waals surface area contributed by atoms with Crippen LogP contribution in [0.5, 0.6) is 0 Å². The van der Waals surface area contributed by atoms with Crippen LogP contribution in [0.3, 0.4) is 0 Å². The average molecular weight is 372 g/mol. The van der Waals surface area contributed by atoms with E-state index < -0.39 is 25.0 Å². The van der Waals surface area contributed by atoms with E-state index in [0.717, 1.165) is 4.68 Å². The standard InChI is InChI=1S/C19H23N5O3/c1-5-7-14(23-19(26)27)13-8-9-20-15(10-13)17-16(11-21-24(17)4)22-18(25)12(3)6-2/h5-6,8-12,14,23H,1-2,7H2,3-4H3,(H,22,25)(H,26,27)/t12-,14+/m1/s1/i4D3. The number of nitrogens with zero attached hydrogens (tertiary/aromatic N) is 3. The van der Waals surface area contributed by atoms with Crippen LogP contribution in [0.2, 0.25) is 0 Å². The van der Waals surface area contributed by atoms with Crippen molar-refractivity contribution in [2.75, 3.05) is 5.32 Å². The Morgan fingerprint density at radius 1 is 1.48 bits per heavy atom. The second kappa shape index (κ2) is 8.79. The van der Waals surface area contributed by atoms with Crippen molar-refractivity contribution < 1.29 is 18.8 Å². The smallest absolute Gasteiger partial charge is 0.405 e. The van der Waals surface area contributed by atoms with Gasteiger partial charge in [-0.1, -0.05) is 19.1 Å². The maximum Gasteiger partial charge on any atom is 0.405 e. The van der Waals surface area contributed by atoms with Gasteiger partial charge in [0.05, 0.1) is 29.5 Å². The lowest BCUT2D eigenvalue weighted by atomic mass is 10.0. The Labute approximate surface area is 161 Å². The molecule has 2 aromatic rings. The number of aromatic nitrogens is 3. The van der Waals surface area contributed by atoms with E-state index >= 15 is 0 Å². The Morgan fingerprint density at radius 3 is 2.89 bits per heavy atom. The second-order valence-corrected chi connectivity index (χ2v) is 5.83. The summed E-state index contributed by atoms with van der Waals surface area (Å²) in [6.45, 7) is 6.22.